The van der Waals surface area contributed by atoms with Crippen LogP contribution in [0.25, 0.3) is 11.5 Å². The van der Waals surface area contributed by atoms with Crippen LogP contribution >= 0.6 is 0 Å². The zero-order valence-electron chi connectivity index (χ0n) is 11.8. The first-order valence-electron chi connectivity index (χ1n) is 6.91. The fraction of sp³-hybridized carbons (Fsp3) is 0.500. The van der Waals surface area contributed by atoms with Gasteiger partial charge in [-0.25, -0.2) is 15.0 Å². The molecule has 0 amide bonds. The van der Waals surface area contributed by atoms with Crippen molar-refractivity contribution in [2.45, 2.75) is 40.2 Å². The normalized spacial score (nSPS) is 10.7. The molecule has 0 fully saturated rings. The summed E-state index contributed by atoms with van der Waals surface area (Å²) in [5.41, 5.74) is 0.890. The van der Waals surface area contributed by atoms with Crippen LogP contribution in [0.15, 0.2) is 18.5 Å². The highest BCUT2D eigenvalue weighted by molar-refractivity contribution is 5.55. The molecule has 0 atom stereocenters. The Morgan fingerprint density at radius 3 is 2.74 bits per heavy atom. The van der Waals surface area contributed by atoms with Crippen molar-refractivity contribution in [3.63, 3.8) is 0 Å². The molecule has 0 radical (unpaired) electrons. The van der Waals surface area contributed by atoms with E-state index < -0.39 is 0 Å². The number of anilines is 1. The number of nitrogens with zero attached hydrogens (tertiary/aromatic N) is 4. The van der Waals surface area contributed by atoms with Crippen LogP contribution < -0.4 is 5.32 Å². The summed E-state index contributed by atoms with van der Waals surface area (Å²) >= 11 is 0. The van der Waals surface area contributed by atoms with Crippen molar-refractivity contribution in [1.29, 1.82) is 0 Å². The second kappa shape index (κ2) is 6.31. The summed E-state index contributed by atoms with van der Waals surface area (Å²) in [7, 11) is 0. The molecule has 19 heavy (non-hydrogen) atoms. The van der Waals surface area contributed by atoms with Crippen molar-refractivity contribution in [3.05, 3.63) is 24.3 Å². The Kier molecular flexibility index (Phi) is 4.49. The Bertz CT molecular complexity index is 508. The first-order valence-corrected chi connectivity index (χ1v) is 6.91. The van der Waals surface area contributed by atoms with Gasteiger partial charge in [0.1, 0.15) is 17.3 Å². The molecule has 0 bridgehead atoms. The number of hydrogen-bond acceptors (Lipinski definition) is 4. The van der Waals surface area contributed by atoms with Gasteiger partial charge >= 0.3 is 0 Å². The zero-order chi connectivity index (χ0) is 13.7. The van der Waals surface area contributed by atoms with Crippen molar-refractivity contribution in [1.82, 2.24) is 19.5 Å². The van der Waals surface area contributed by atoms with E-state index in [4.69, 9.17) is 0 Å². The second-order valence-electron chi connectivity index (χ2n) is 4.37. The van der Waals surface area contributed by atoms with E-state index in [1.807, 2.05) is 18.5 Å². The molecule has 2 aromatic heterocycles. The molecule has 2 heterocycles. The van der Waals surface area contributed by atoms with E-state index in [1.165, 1.54) is 0 Å². The lowest BCUT2D eigenvalue weighted by Gasteiger charge is -2.09. The molecule has 0 spiro atoms. The quantitative estimate of drug-likeness (QED) is 0.866. The van der Waals surface area contributed by atoms with E-state index in [9.17, 15) is 0 Å². The lowest BCUT2D eigenvalue weighted by atomic mass is 10.3. The molecule has 0 aromatic carbocycles. The van der Waals surface area contributed by atoms with Crippen LogP contribution in [-0.4, -0.2) is 26.1 Å². The molecule has 5 heteroatoms. The predicted octanol–water partition coefficient (Wildman–Crippen LogP) is 2.74. The third-order valence-electron chi connectivity index (χ3n) is 2.89. The average molecular weight is 259 g/mol. The topological polar surface area (TPSA) is 55.6 Å². The van der Waals surface area contributed by atoms with Crippen molar-refractivity contribution in [3.8, 4) is 11.5 Å². The summed E-state index contributed by atoms with van der Waals surface area (Å²) in [6.45, 7) is 8.04. The SMILES string of the molecule is CCCc1nc(NCC)cc(-c2nccn2CC)n1. The van der Waals surface area contributed by atoms with E-state index in [0.717, 1.165) is 49.1 Å². The van der Waals surface area contributed by atoms with Gasteiger partial charge in [-0.15, -0.1) is 0 Å². The number of aryl methyl sites for hydroxylation is 2. The Hall–Kier alpha value is -1.91. The molecular weight excluding hydrogens is 238 g/mol. The second-order valence-corrected chi connectivity index (χ2v) is 4.37. The molecule has 0 unspecified atom stereocenters. The van der Waals surface area contributed by atoms with Gasteiger partial charge in [-0.2, -0.15) is 0 Å². The van der Waals surface area contributed by atoms with E-state index >= 15 is 0 Å². The molecule has 0 aliphatic carbocycles. The van der Waals surface area contributed by atoms with E-state index in [-0.39, 0.29) is 0 Å². The number of aromatic nitrogens is 4. The van der Waals surface area contributed by atoms with Gasteiger partial charge in [-0.1, -0.05) is 6.92 Å². The molecule has 2 rings (SSSR count). The Morgan fingerprint density at radius 1 is 1.21 bits per heavy atom. The van der Waals surface area contributed by atoms with Crippen molar-refractivity contribution in [2.24, 2.45) is 0 Å². The van der Waals surface area contributed by atoms with Crippen LogP contribution in [0, 0.1) is 0 Å². The van der Waals surface area contributed by atoms with E-state index in [1.54, 1.807) is 0 Å². The van der Waals surface area contributed by atoms with Crippen LogP contribution in [-0.2, 0) is 13.0 Å². The summed E-state index contributed by atoms with van der Waals surface area (Å²) in [5, 5.41) is 3.26. The lowest BCUT2D eigenvalue weighted by Crippen LogP contribution is -2.06. The largest absolute Gasteiger partial charge is 0.370 e. The number of hydrogen-bond donors (Lipinski definition) is 1. The van der Waals surface area contributed by atoms with Gasteiger partial charge in [-0.05, 0) is 20.3 Å². The fourth-order valence-electron chi connectivity index (χ4n) is 2.02. The Labute approximate surface area is 114 Å². The maximum atomic E-state index is 4.62. The Balaban J connectivity index is 2.43. The van der Waals surface area contributed by atoms with Crippen molar-refractivity contribution in [2.75, 3.05) is 11.9 Å². The highest BCUT2D eigenvalue weighted by atomic mass is 15.1. The first-order chi connectivity index (χ1) is 9.28. The Morgan fingerprint density at radius 2 is 2.05 bits per heavy atom. The van der Waals surface area contributed by atoms with Gasteiger partial charge in [0.15, 0.2) is 5.82 Å². The van der Waals surface area contributed by atoms with Crippen molar-refractivity contribution >= 4 is 5.82 Å². The maximum absolute atomic E-state index is 4.62. The molecule has 0 aliphatic rings. The summed E-state index contributed by atoms with van der Waals surface area (Å²) in [4.78, 5) is 13.5. The summed E-state index contributed by atoms with van der Waals surface area (Å²) in [6.07, 6.45) is 5.72. The number of rotatable bonds is 6. The van der Waals surface area contributed by atoms with Gasteiger partial charge in [0, 0.05) is 38.0 Å². The molecule has 0 saturated heterocycles. The van der Waals surface area contributed by atoms with E-state index in [0.29, 0.717) is 0 Å². The van der Waals surface area contributed by atoms with Crippen LogP contribution in [0.3, 0.4) is 0 Å². The molecule has 2 aromatic rings. The fourth-order valence-corrected chi connectivity index (χ4v) is 2.02. The first kappa shape index (κ1) is 13.5. The molecule has 1 N–H and O–H groups in total. The minimum absolute atomic E-state index is 0.851. The van der Waals surface area contributed by atoms with Gasteiger partial charge in [-0.3, -0.25) is 0 Å². The third kappa shape index (κ3) is 3.10. The van der Waals surface area contributed by atoms with Crippen LogP contribution in [0.5, 0.6) is 0 Å². The van der Waals surface area contributed by atoms with Gasteiger partial charge in [0.25, 0.3) is 0 Å². The van der Waals surface area contributed by atoms with Gasteiger partial charge in [0.05, 0.1) is 0 Å². The lowest BCUT2D eigenvalue weighted by molar-refractivity contribution is 0.763. The number of nitrogens with one attached hydrogen (secondary N) is 1. The molecule has 102 valence electrons. The van der Waals surface area contributed by atoms with E-state index in [2.05, 4.69) is 45.6 Å². The summed E-state index contributed by atoms with van der Waals surface area (Å²) < 4.78 is 2.09. The van der Waals surface area contributed by atoms with Crippen molar-refractivity contribution < 1.29 is 0 Å². The van der Waals surface area contributed by atoms with Gasteiger partial charge < -0.3 is 9.88 Å². The summed E-state index contributed by atoms with van der Waals surface area (Å²) in [6, 6.07) is 1.97. The minimum Gasteiger partial charge on any atom is -0.370 e. The minimum atomic E-state index is 0.851. The number of imidazole rings is 1. The zero-order valence-corrected chi connectivity index (χ0v) is 11.8. The van der Waals surface area contributed by atoms with Crippen LogP contribution in [0.4, 0.5) is 5.82 Å². The maximum Gasteiger partial charge on any atom is 0.158 e. The smallest absolute Gasteiger partial charge is 0.158 e. The monoisotopic (exact) mass is 259 g/mol. The molecule has 0 saturated carbocycles. The third-order valence-corrected chi connectivity index (χ3v) is 2.89. The predicted molar refractivity (Wildman–Crippen MR) is 77.1 cm³/mol. The van der Waals surface area contributed by atoms with Gasteiger partial charge in [0.2, 0.25) is 0 Å². The van der Waals surface area contributed by atoms with Crippen LogP contribution in [0.1, 0.15) is 33.0 Å². The highest BCUT2D eigenvalue weighted by Crippen LogP contribution is 2.19. The standard InChI is InChI=1S/C14H21N5/c1-4-7-12-17-11(10-13(18-12)15-5-2)14-16-8-9-19(14)6-3/h8-10H,4-7H2,1-3H3,(H,15,17,18). The van der Waals surface area contributed by atoms with Crippen LogP contribution in [0.2, 0.25) is 0 Å². The molecular formula is C14H21N5. The molecule has 0 aliphatic heterocycles. The molecule has 5 nitrogen and oxygen atoms in total. The average Bonchev–Trinajstić information content (AvgIpc) is 2.87. The summed E-state index contributed by atoms with van der Waals surface area (Å²) in [5.74, 6) is 2.66. The highest BCUT2D eigenvalue weighted by Gasteiger charge is 2.10.